The van der Waals surface area contributed by atoms with Crippen molar-refractivity contribution in [3.05, 3.63) is 77.9 Å². The van der Waals surface area contributed by atoms with E-state index in [0.717, 1.165) is 16.7 Å². The van der Waals surface area contributed by atoms with Gasteiger partial charge in [-0.25, -0.2) is 9.55 Å². The van der Waals surface area contributed by atoms with Crippen molar-refractivity contribution in [2.75, 3.05) is 19.8 Å². The van der Waals surface area contributed by atoms with E-state index < -0.39 is 26.1 Å². The first-order chi connectivity index (χ1) is 17.7. The van der Waals surface area contributed by atoms with Crippen molar-refractivity contribution >= 4 is 7.82 Å². The molecule has 0 radical (unpaired) electrons. The molecule has 2 aromatic carbocycles. The number of phosphoric acid groups is 1. The van der Waals surface area contributed by atoms with Gasteiger partial charge in [0.15, 0.2) is 0 Å². The number of aromatic nitrogens is 2. The summed E-state index contributed by atoms with van der Waals surface area (Å²) in [5, 5.41) is 23.1. The van der Waals surface area contributed by atoms with Crippen LogP contribution in [0.4, 0.5) is 0 Å². The molecule has 1 aliphatic heterocycles. The lowest BCUT2D eigenvalue weighted by Gasteiger charge is -2.17. The van der Waals surface area contributed by atoms with E-state index in [1.54, 1.807) is 17.7 Å². The fourth-order valence-corrected chi connectivity index (χ4v) is 4.32. The van der Waals surface area contributed by atoms with Gasteiger partial charge in [0.25, 0.3) is 0 Å². The normalized spacial score (nSPS) is 19.3. The van der Waals surface area contributed by atoms with E-state index in [9.17, 15) is 14.8 Å². The minimum atomic E-state index is -4.70. The van der Waals surface area contributed by atoms with Crippen LogP contribution >= 0.6 is 7.82 Å². The van der Waals surface area contributed by atoms with Crippen LogP contribution < -0.4 is 5.32 Å². The number of ether oxygens (including phenoxy) is 1. The summed E-state index contributed by atoms with van der Waals surface area (Å²) in [5.74, 6) is 6.31. The second-order valence-electron chi connectivity index (χ2n) is 8.81. The number of hydrogen-bond acceptors (Lipinski definition) is 7. The van der Waals surface area contributed by atoms with E-state index in [0.29, 0.717) is 31.1 Å². The van der Waals surface area contributed by atoms with Crippen molar-refractivity contribution in [3.63, 3.8) is 0 Å². The van der Waals surface area contributed by atoms with Crippen molar-refractivity contribution in [3.8, 4) is 23.0 Å². The number of imidazole rings is 1. The largest absolute Gasteiger partial charge is 0.469 e. The van der Waals surface area contributed by atoms with Gasteiger partial charge in [0.2, 0.25) is 0 Å². The van der Waals surface area contributed by atoms with E-state index in [-0.39, 0.29) is 12.6 Å². The Balaban J connectivity index is 1.44. The van der Waals surface area contributed by atoms with E-state index in [1.165, 1.54) is 6.20 Å². The molecule has 0 saturated carbocycles. The molecule has 4 atom stereocenters. The molecule has 37 heavy (non-hydrogen) atoms. The highest BCUT2D eigenvalue weighted by Crippen LogP contribution is 2.37. The number of aliphatic hydroxyl groups excluding tert-OH is 2. The van der Waals surface area contributed by atoms with E-state index in [4.69, 9.17) is 14.5 Å². The van der Waals surface area contributed by atoms with Gasteiger partial charge >= 0.3 is 7.82 Å². The molecule has 0 amide bonds. The summed E-state index contributed by atoms with van der Waals surface area (Å²) in [5.41, 5.74) is 3.87. The molecule has 196 valence electrons. The van der Waals surface area contributed by atoms with Crippen molar-refractivity contribution in [2.45, 2.75) is 37.8 Å². The summed E-state index contributed by atoms with van der Waals surface area (Å²) in [6.07, 6.45) is 1.70. The van der Waals surface area contributed by atoms with Crippen LogP contribution in [0.3, 0.4) is 0 Å². The minimum Gasteiger partial charge on any atom is -0.389 e. The minimum absolute atomic E-state index is 0.0521. The van der Waals surface area contributed by atoms with Crippen molar-refractivity contribution in [1.82, 2.24) is 14.9 Å². The van der Waals surface area contributed by atoms with Crippen LogP contribution in [0, 0.1) is 11.8 Å². The lowest BCUT2D eigenvalue weighted by Crippen LogP contribution is -2.38. The van der Waals surface area contributed by atoms with Gasteiger partial charge in [-0.2, -0.15) is 0 Å². The van der Waals surface area contributed by atoms with Gasteiger partial charge in [0.1, 0.15) is 18.0 Å². The second-order valence-corrected chi connectivity index (χ2v) is 10.0. The Labute approximate surface area is 215 Å². The number of nitrogens with zero attached hydrogens (tertiary/aromatic N) is 2. The summed E-state index contributed by atoms with van der Waals surface area (Å²) in [4.78, 5) is 22.3. The fraction of sp³-hybridized carbons (Fsp3) is 0.346. The number of benzene rings is 2. The Morgan fingerprint density at radius 3 is 2.43 bits per heavy atom. The number of hydrogen-bond donors (Lipinski definition) is 5. The maximum absolute atomic E-state index is 11.2. The van der Waals surface area contributed by atoms with Crippen LogP contribution in [0.5, 0.6) is 0 Å². The van der Waals surface area contributed by atoms with Crippen LogP contribution in [0.1, 0.15) is 36.0 Å². The maximum atomic E-state index is 11.2. The van der Waals surface area contributed by atoms with Gasteiger partial charge in [0, 0.05) is 24.5 Å². The molecule has 11 heteroatoms. The van der Waals surface area contributed by atoms with Gasteiger partial charge in [-0.1, -0.05) is 48.2 Å². The molecule has 0 bridgehead atoms. The van der Waals surface area contributed by atoms with Crippen molar-refractivity contribution < 1.29 is 33.8 Å². The predicted octanol–water partition coefficient (Wildman–Crippen LogP) is 2.15. The van der Waals surface area contributed by atoms with Crippen LogP contribution in [-0.2, 0) is 20.4 Å². The van der Waals surface area contributed by atoms with E-state index in [1.807, 2.05) is 48.5 Å². The zero-order chi connectivity index (χ0) is 26.4. The number of aliphatic hydroxyl groups is 2. The first-order valence-electron chi connectivity index (χ1n) is 11.8. The lowest BCUT2D eigenvalue weighted by molar-refractivity contribution is 0.122. The summed E-state index contributed by atoms with van der Waals surface area (Å²) in [6.45, 7) is 2.69. The zero-order valence-corrected chi connectivity index (χ0v) is 21.2. The van der Waals surface area contributed by atoms with Gasteiger partial charge < -0.3 is 34.6 Å². The predicted molar refractivity (Wildman–Crippen MR) is 136 cm³/mol. The highest BCUT2D eigenvalue weighted by atomic mass is 31.2. The molecule has 3 aromatic rings. The van der Waals surface area contributed by atoms with Gasteiger partial charge in [-0.3, -0.25) is 4.52 Å². The highest BCUT2D eigenvalue weighted by molar-refractivity contribution is 7.46. The molecular formula is C26H30N3O7P. The van der Waals surface area contributed by atoms with Crippen molar-refractivity contribution in [1.29, 1.82) is 0 Å². The Hall–Kier alpha value is -2.84. The third-order valence-corrected chi connectivity index (χ3v) is 6.47. The average molecular weight is 528 g/mol. The molecule has 5 N–H and O–H groups in total. The third-order valence-electron chi connectivity index (χ3n) is 5.98. The van der Waals surface area contributed by atoms with Gasteiger partial charge in [-0.05, 0) is 35.7 Å². The van der Waals surface area contributed by atoms with Crippen LogP contribution in [0.25, 0.3) is 11.1 Å². The number of phosphoric ester groups is 1. The highest BCUT2D eigenvalue weighted by Gasteiger charge is 2.25. The molecule has 1 aromatic heterocycles. The molecule has 2 heterocycles. The Morgan fingerprint density at radius 1 is 1.16 bits per heavy atom. The Morgan fingerprint density at radius 2 is 1.84 bits per heavy atom. The van der Waals surface area contributed by atoms with Gasteiger partial charge in [-0.15, -0.1) is 0 Å². The number of rotatable bonds is 9. The van der Waals surface area contributed by atoms with E-state index >= 15 is 0 Å². The summed E-state index contributed by atoms with van der Waals surface area (Å²) >= 11 is 0. The zero-order valence-electron chi connectivity index (χ0n) is 20.3. The third kappa shape index (κ3) is 7.58. The monoisotopic (exact) mass is 527 g/mol. The van der Waals surface area contributed by atoms with E-state index in [2.05, 4.69) is 26.7 Å². The quantitative estimate of drug-likeness (QED) is 0.209. The fourth-order valence-electron chi connectivity index (χ4n) is 3.99. The molecule has 10 nitrogen and oxygen atoms in total. The topological polar surface area (TPSA) is 146 Å². The SMILES string of the molecule is C[C@H](O)c1nccn1[C@@H](C#Cc1ccc(-c2ccc(CN[C@@H]3COC[C@H]3O)cc2)cc1)COP(=O)(O)O. The standard InChI is InChI=1S/C26H30N3O7P/c1-18(30)26-27-12-13-29(26)23(15-36-37(32,33)34)11-6-19-2-7-21(8-3-19)22-9-4-20(5-10-22)14-28-24-16-35-17-25(24)31/h2-5,7-10,12-13,18,23-25,28,30-31H,14-17H2,1H3,(H2,32,33,34)/t18-,23-,24+,25+/m0/s1. The molecule has 0 unspecified atom stereocenters. The molecule has 1 aliphatic rings. The molecular weight excluding hydrogens is 497 g/mol. The smallest absolute Gasteiger partial charge is 0.389 e. The molecule has 1 fully saturated rings. The van der Waals surface area contributed by atoms with Crippen LogP contribution in [0.15, 0.2) is 60.9 Å². The summed E-state index contributed by atoms with van der Waals surface area (Å²) in [7, 11) is -4.70. The summed E-state index contributed by atoms with van der Waals surface area (Å²) < 4.78 is 22.7. The first kappa shape index (κ1) is 27.2. The second kappa shape index (κ2) is 12.1. The number of nitrogens with one attached hydrogen (secondary N) is 1. The molecule has 0 aliphatic carbocycles. The molecule has 1 saturated heterocycles. The average Bonchev–Trinajstić information content (AvgIpc) is 3.52. The first-order valence-corrected chi connectivity index (χ1v) is 13.3. The van der Waals surface area contributed by atoms with Crippen LogP contribution in [0.2, 0.25) is 0 Å². The van der Waals surface area contributed by atoms with Gasteiger partial charge in [0.05, 0.1) is 32.0 Å². The molecule has 4 rings (SSSR count). The Bertz CT molecular complexity index is 1280. The van der Waals surface area contributed by atoms with Crippen molar-refractivity contribution in [2.24, 2.45) is 0 Å². The Kier molecular flexibility index (Phi) is 8.92. The summed E-state index contributed by atoms with van der Waals surface area (Å²) in [6, 6.07) is 14.9. The maximum Gasteiger partial charge on any atom is 0.469 e. The molecule has 0 spiro atoms. The van der Waals surface area contributed by atoms with Crippen LogP contribution in [-0.4, -0.2) is 61.5 Å². The lowest BCUT2D eigenvalue weighted by atomic mass is 10.0.